The Kier molecular flexibility index (Phi) is 8.14. The number of allylic oxidation sites excluding steroid dienone is 1. The van der Waals surface area contributed by atoms with Crippen molar-refractivity contribution in [3.8, 4) is 0 Å². The van der Waals surface area contributed by atoms with Crippen molar-refractivity contribution < 1.29 is 17.6 Å². The van der Waals surface area contributed by atoms with Crippen LogP contribution >= 0.6 is 11.6 Å². The van der Waals surface area contributed by atoms with Crippen molar-refractivity contribution >= 4 is 55.7 Å². The summed E-state index contributed by atoms with van der Waals surface area (Å²) in [5, 5.41) is 8.35. The molecule has 0 radical (unpaired) electrons. The Morgan fingerprint density at radius 1 is 0.976 bits per heavy atom. The topological polar surface area (TPSA) is 91.9 Å². The van der Waals surface area contributed by atoms with Crippen LogP contribution in [0.4, 0.5) is 4.39 Å². The van der Waals surface area contributed by atoms with Crippen molar-refractivity contribution in [2.45, 2.75) is 18.2 Å². The molecule has 1 aromatic heterocycles. The molecule has 0 unspecified atom stereocenters. The minimum Gasteiger partial charge on any atom is -0.278 e. The van der Waals surface area contributed by atoms with Crippen molar-refractivity contribution in [2.75, 3.05) is 0 Å². The number of nitrogens with one attached hydrogen (secondary N) is 2. The van der Waals surface area contributed by atoms with Gasteiger partial charge in [0.05, 0.1) is 21.6 Å². The highest BCUT2D eigenvalue weighted by Gasteiger charge is 2.17. The summed E-state index contributed by atoms with van der Waals surface area (Å²) in [6, 6.07) is 25.6. The maximum atomic E-state index is 13.9. The van der Waals surface area contributed by atoms with Crippen LogP contribution in [0.25, 0.3) is 28.1 Å². The zero-order valence-electron chi connectivity index (χ0n) is 21.9. The van der Waals surface area contributed by atoms with Crippen LogP contribution in [0.15, 0.2) is 108 Å². The number of carbonyl (C=O) groups excluding carboxylic acids is 1. The summed E-state index contributed by atoms with van der Waals surface area (Å²) in [6.45, 7) is 2.02. The smallest absolute Gasteiger partial charge is 0.264 e. The molecule has 206 valence electrons. The van der Waals surface area contributed by atoms with Gasteiger partial charge >= 0.3 is 0 Å². The molecule has 0 aliphatic heterocycles. The molecule has 4 aromatic carbocycles. The molecule has 0 fully saturated rings. The molecular weight excluding hydrogens is 561 g/mol. The molecule has 1 heterocycles. The third-order valence-electron chi connectivity index (χ3n) is 6.56. The lowest BCUT2D eigenvalue weighted by atomic mass is 9.87. The molecule has 5 aromatic rings. The number of benzene rings is 4. The van der Waals surface area contributed by atoms with Gasteiger partial charge in [0.15, 0.2) is 0 Å². The van der Waals surface area contributed by atoms with E-state index in [0.717, 1.165) is 38.7 Å². The van der Waals surface area contributed by atoms with Gasteiger partial charge in [0.2, 0.25) is 0 Å². The number of aromatic nitrogens is 2. The number of fused-ring (bicyclic) bond motifs is 1. The number of H-pyrrole nitrogens is 1. The van der Waals surface area contributed by atoms with Crippen LogP contribution in [0.3, 0.4) is 0 Å². The van der Waals surface area contributed by atoms with Crippen LogP contribution in [-0.2, 0) is 14.8 Å². The summed E-state index contributed by atoms with van der Waals surface area (Å²) in [4.78, 5) is 12.4. The van der Waals surface area contributed by atoms with Gasteiger partial charge in [-0.25, -0.2) is 17.5 Å². The first kappa shape index (κ1) is 28.0. The van der Waals surface area contributed by atoms with E-state index in [-0.39, 0.29) is 4.90 Å². The Balaban J connectivity index is 1.49. The fourth-order valence-electron chi connectivity index (χ4n) is 4.61. The predicted octanol–water partition coefficient (Wildman–Crippen LogP) is 7.24. The maximum absolute atomic E-state index is 13.9. The van der Waals surface area contributed by atoms with Crippen LogP contribution < -0.4 is 4.72 Å². The minimum absolute atomic E-state index is 0.00649. The number of nitrogens with zero attached hydrogens (tertiary/aromatic N) is 1. The summed E-state index contributed by atoms with van der Waals surface area (Å²) in [5.74, 6) is -1.17. The number of aromatic amines is 1. The maximum Gasteiger partial charge on any atom is 0.264 e. The molecule has 0 bridgehead atoms. The number of halogens is 2. The van der Waals surface area contributed by atoms with Gasteiger partial charge in [-0.1, -0.05) is 73.1 Å². The second-order valence-corrected chi connectivity index (χ2v) is 11.3. The summed E-state index contributed by atoms with van der Waals surface area (Å²) in [6.07, 6.45) is 5.10. The normalized spacial score (nSPS) is 12.5. The number of hydrogen-bond donors (Lipinski definition) is 2. The van der Waals surface area contributed by atoms with Gasteiger partial charge in [-0.3, -0.25) is 9.89 Å². The number of sulfonamides is 1. The van der Waals surface area contributed by atoms with Crippen LogP contribution in [-0.4, -0.2) is 24.5 Å². The predicted molar refractivity (Wildman–Crippen MR) is 161 cm³/mol. The third kappa shape index (κ3) is 6.29. The Morgan fingerprint density at radius 2 is 1.71 bits per heavy atom. The molecule has 0 aliphatic carbocycles. The zero-order chi connectivity index (χ0) is 29.0. The summed E-state index contributed by atoms with van der Waals surface area (Å²) < 4.78 is 40.8. The lowest BCUT2D eigenvalue weighted by Crippen LogP contribution is -2.28. The molecular formula is C32H25ClFN3O3S. The summed E-state index contributed by atoms with van der Waals surface area (Å²) in [5.41, 5.74) is 6.02. The van der Waals surface area contributed by atoms with E-state index in [1.54, 1.807) is 30.5 Å². The zero-order valence-corrected chi connectivity index (χ0v) is 23.5. The van der Waals surface area contributed by atoms with Crippen molar-refractivity contribution in [3.05, 3.63) is 136 Å². The average molecular weight is 586 g/mol. The SMILES string of the molecule is CC/C(=C(/c1ccc(C=CC(=O)NS(=O)(=O)c2ccccc2)cc1)c1ccc2[nH]ncc2c1)c1ccc(F)cc1Cl. The molecule has 0 aliphatic rings. The van der Waals surface area contributed by atoms with E-state index in [4.69, 9.17) is 11.6 Å². The highest BCUT2D eigenvalue weighted by molar-refractivity contribution is 7.90. The highest BCUT2D eigenvalue weighted by Crippen LogP contribution is 2.38. The first-order chi connectivity index (χ1) is 19.7. The molecule has 5 rings (SSSR count). The van der Waals surface area contributed by atoms with Crippen molar-refractivity contribution in [2.24, 2.45) is 0 Å². The van der Waals surface area contributed by atoms with Gasteiger partial charge in [0.1, 0.15) is 5.82 Å². The van der Waals surface area contributed by atoms with E-state index >= 15 is 0 Å². The molecule has 9 heteroatoms. The van der Waals surface area contributed by atoms with Gasteiger partial charge in [0.25, 0.3) is 15.9 Å². The lowest BCUT2D eigenvalue weighted by Gasteiger charge is -2.18. The van der Waals surface area contributed by atoms with E-state index < -0.39 is 21.7 Å². The molecule has 0 spiro atoms. The van der Waals surface area contributed by atoms with Gasteiger partial charge in [-0.2, -0.15) is 5.10 Å². The first-order valence-corrected chi connectivity index (χ1v) is 14.6. The Labute approximate surface area is 242 Å². The van der Waals surface area contributed by atoms with E-state index in [2.05, 4.69) is 10.2 Å². The van der Waals surface area contributed by atoms with Gasteiger partial charge in [-0.15, -0.1) is 0 Å². The van der Waals surface area contributed by atoms with E-state index in [1.807, 2.05) is 54.1 Å². The largest absolute Gasteiger partial charge is 0.278 e. The number of rotatable bonds is 8. The quantitative estimate of drug-likeness (QED) is 0.148. The summed E-state index contributed by atoms with van der Waals surface area (Å²) in [7, 11) is -3.97. The van der Waals surface area contributed by atoms with E-state index in [1.165, 1.54) is 36.4 Å². The van der Waals surface area contributed by atoms with Gasteiger partial charge in [0, 0.05) is 11.5 Å². The van der Waals surface area contributed by atoms with Crippen molar-refractivity contribution in [1.29, 1.82) is 0 Å². The number of amides is 1. The van der Waals surface area contributed by atoms with Crippen LogP contribution in [0, 0.1) is 5.82 Å². The molecule has 6 nitrogen and oxygen atoms in total. The summed E-state index contributed by atoms with van der Waals surface area (Å²) >= 11 is 6.50. The van der Waals surface area contributed by atoms with Crippen molar-refractivity contribution in [1.82, 2.24) is 14.9 Å². The standard InChI is InChI=1S/C32H25ClFN3O3S/c1-2-27(28-15-14-25(34)19-29(28)33)32(23-13-16-30-24(18-23)20-35-36-30)22-11-8-21(9-12-22)10-17-31(38)37-41(39,40)26-6-4-3-5-7-26/h3-20H,2H2,1H3,(H,35,36)(H,37,38)/b17-10?,32-27+. The Hall–Kier alpha value is -4.53. The molecule has 41 heavy (non-hydrogen) atoms. The van der Waals surface area contributed by atoms with Crippen LogP contribution in [0.1, 0.15) is 35.6 Å². The number of hydrogen-bond acceptors (Lipinski definition) is 4. The highest BCUT2D eigenvalue weighted by atomic mass is 35.5. The second kappa shape index (κ2) is 11.9. The van der Waals surface area contributed by atoms with Crippen LogP contribution in [0.5, 0.6) is 0 Å². The van der Waals surface area contributed by atoms with E-state index in [0.29, 0.717) is 17.0 Å². The van der Waals surface area contributed by atoms with Crippen LogP contribution in [0.2, 0.25) is 5.02 Å². The Bertz CT molecular complexity index is 1900. The van der Waals surface area contributed by atoms with E-state index in [9.17, 15) is 17.6 Å². The fraction of sp³-hybridized carbons (Fsp3) is 0.0625. The molecule has 0 saturated heterocycles. The lowest BCUT2D eigenvalue weighted by molar-refractivity contribution is -0.114. The Morgan fingerprint density at radius 3 is 2.41 bits per heavy atom. The van der Waals surface area contributed by atoms with Gasteiger partial charge < -0.3 is 0 Å². The average Bonchev–Trinajstić information content (AvgIpc) is 3.44. The molecule has 1 amide bonds. The minimum atomic E-state index is -3.97. The second-order valence-electron chi connectivity index (χ2n) is 9.24. The molecule has 0 saturated carbocycles. The molecule has 2 N–H and O–H groups in total. The molecule has 0 atom stereocenters. The first-order valence-electron chi connectivity index (χ1n) is 12.8. The monoisotopic (exact) mass is 585 g/mol. The van der Waals surface area contributed by atoms with Crippen molar-refractivity contribution in [3.63, 3.8) is 0 Å². The van der Waals surface area contributed by atoms with Gasteiger partial charge in [-0.05, 0) is 82.3 Å². The third-order valence-corrected chi connectivity index (χ3v) is 8.23. The fourth-order valence-corrected chi connectivity index (χ4v) is 5.85. The number of carbonyl (C=O) groups is 1.